The van der Waals surface area contributed by atoms with E-state index in [-0.39, 0.29) is 0 Å². The number of nitrogens with two attached hydrogens (primary N) is 2. The van der Waals surface area contributed by atoms with Crippen molar-refractivity contribution in [3.05, 3.63) is 0 Å². The molecule has 0 amide bonds. The number of rotatable bonds is 1. The van der Waals surface area contributed by atoms with Gasteiger partial charge in [0.05, 0.1) is 0 Å². The molecule has 0 radical (unpaired) electrons. The molecule has 0 heterocycles. The van der Waals surface area contributed by atoms with Crippen LogP contribution in [0.5, 0.6) is 0 Å². The molecule has 0 aliphatic heterocycles. The molecular weight excluding hydrogens is 148 g/mol. The van der Waals surface area contributed by atoms with E-state index in [1.165, 1.54) is 38.5 Å². The number of hydrogen-bond acceptors (Lipinski definition) is 2. The summed E-state index contributed by atoms with van der Waals surface area (Å²) in [7, 11) is 0. The summed E-state index contributed by atoms with van der Waals surface area (Å²) in [6.07, 6.45) is 8.05. The van der Waals surface area contributed by atoms with Crippen LogP contribution in [-0.2, 0) is 0 Å². The summed E-state index contributed by atoms with van der Waals surface area (Å²) in [6, 6.07) is 0.513. The van der Waals surface area contributed by atoms with Crippen LogP contribution in [0.25, 0.3) is 0 Å². The zero-order chi connectivity index (χ0) is 8.60. The molecule has 1 spiro atoms. The van der Waals surface area contributed by atoms with Crippen molar-refractivity contribution in [3.8, 4) is 0 Å². The number of hydrogen-bond donors (Lipinski definition) is 2. The second-order valence-corrected chi connectivity index (χ2v) is 4.85. The van der Waals surface area contributed by atoms with E-state index in [9.17, 15) is 0 Å². The van der Waals surface area contributed by atoms with Gasteiger partial charge in [-0.05, 0) is 56.4 Å². The van der Waals surface area contributed by atoms with Gasteiger partial charge >= 0.3 is 0 Å². The largest absolute Gasteiger partial charge is 0.330 e. The normalized spacial score (nSPS) is 47.5. The van der Waals surface area contributed by atoms with E-state index in [0.717, 1.165) is 12.5 Å². The average molecular weight is 168 g/mol. The second kappa shape index (κ2) is 3.00. The van der Waals surface area contributed by atoms with Gasteiger partial charge < -0.3 is 11.5 Å². The molecule has 2 heteroatoms. The molecule has 0 saturated heterocycles. The molecule has 2 aliphatic rings. The van der Waals surface area contributed by atoms with Gasteiger partial charge in [0.25, 0.3) is 0 Å². The minimum Gasteiger partial charge on any atom is -0.330 e. The first-order valence-corrected chi connectivity index (χ1v) is 5.20. The zero-order valence-corrected chi connectivity index (χ0v) is 7.76. The van der Waals surface area contributed by atoms with Crippen molar-refractivity contribution in [2.75, 3.05) is 6.54 Å². The first-order chi connectivity index (χ1) is 5.74. The van der Waals surface area contributed by atoms with E-state index in [0.29, 0.717) is 11.5 Å². The van der Waals surface area contributed by atoms with Crippen LogP contribution >= 0.6 is 0 Å². The predicted octanol–water partition coefficient (Wildman–Crippen LogP) is 1.24. The Labute approximate surface area is 74.7 Å². The average Bonchev–Trinajstić information content (AvgIpc) is 2.04. The molecule has 2 saturated carbocycles. The topological polar surface area (TPSA) is 52.0 Å². The maximum absolute atomic E-state index is 5.83. The Bertz CT molecular complexity index is 151. The minimum absolute atomic E-state index is 0.513. The first kappa shape index (κ1) is 8.52. The Hall–Kier alpha value is -0.0800. The van der Waals surface area contributed by atoms with Crippen LogP contribution in [0.2, 0.25) is 0 Å². The van der Waals surface area contributed by atoms with Gasteiger partial charge in [0.2, 0.25) is 0 Å². The quantitative estimate of drug-likeness (QED) is 0.619. The molecular formula is C10H20N2. The van der Waals surface area contributed by atoms with E-state index in [1.807, 2.05) is 0 Å². The predicted molar refractivity (Wildman–Crippen MR) is 50.7 cm³/mol. The highest BCUT2D eigenvalue weighted by Crippen LogP contribution is 2.51. The lowest BCUT2D eigenvalue weighted by atomic mass is 9.57. The highest BCUT2D eigenvalue weighted by Gasteiger charge is 2.44. The fourth-order valence-electron chi connectivity index (χ4n) is 2.99. The van der Waals surface area contributed by atoms with Crippen LogP contribution in [0.15, 0.2) is 0 Å². The fraction of sp³-hybridized carbons (Fsp3) is 1.00. The van der Waals surface area contributed by atoms with Gasteiger partial charge in [-0.25, -0.2) is 0 Å². The van der Waals surface area contributed by atoms with Crippen molar-refractivity contribution in [1.29, 1.82) is 0 Å². The van der Waals surface area contributed by atoms with E-state index >= 15 is 0 Å². The SMILES string of the molecule is NCC1CCC2(CC1)CC(N)C2. The summed E-state index contributed by atoms with van der Waals surface area (Å²) in [5, 5.41) is 0. The van der Waals surface area contributed by atoms with Crippen LogP contribution in [0.1, 0.15) is 38.5 Å². The third-order valence-electron chi connectivity index (χ3n) is 3.89. The van der Waals surface area contributed by atoms with E-state index in [4.69, 9.17) is 11.5 Å². The van der Waals surface area contributed by atoms with Gasteiger partial charge in [-0.2, -0.15) is 0 Å². The van der Waals surface area contributed by atoms with Crippen LogP contribution in [0, 0.1) is 11.3 Å². The lowest BCUT2D eigenvalue weighted by molar-refractivity contribution is 0.0380. The molecule has 2 fully saturated rings. The summed E-state index contributed by atoms with van der Waals surface area (Å²) in [5.41, 5.74) is 12.2. The van der Waals surface area contributed by atoms with Crippen LogP contribution in [0.4, 0.5) is 0 Å². The van der Waals surface area contributed by atoms with Gasteiger partial charge in [0.1, 0.15) is 0 Å². The Morgan fingerprint density at radius 2 is 1.75 bits per heavy atom. The molecule has 0 bridgehead atoms. The highest BCUT2D eigenvalue weighted by molar-refractivity contribution is 4.98. The van der Waals surface area contributed by atoms with Crippen LogP contribution < -0.4 is 11.5 Å². The standard InChI is InChI=1S/C10H20N2/c11-7-8-1-3-10(4-2-8)5-9(12)6-10/h8-9H,1-7,11-12H2. The van der Waals surface area contributed by atoms with Gasteiger partial charge in [-0.1, -0.05) is 0 Å². The molecule has 2 rings (SSSR count). The van der Waals surface area contributed by atoms with Gasteiger partial charge in [-0.3, -0.25) is 0 Å². The lowest BCUT2D eigenvalue weighted by Crippen LogP contribution is -2.48. The Morgan fingerprint density at radius 3 is 2.17 bits per heavy atom. The summed E-state index contributed by atoms with van der Waals surface area (Å²) < 4.78 is 0. The van der Waals surface area contributed by atoms with Crippen LogP contribution in [-0.4, -0.2) is 12.6 Å². The van der Waals surface area contributed by atoms with Crippen LogP contribution in [0.3, 0.4) is 0 Å². The highest BCUT2D eigenvalue weighted by atomic mass is 14.7. The maximum atomic E-state index is 5.83. The van der Waals surface area contributed by atoms with Gasteiger partial charge in [0.15, 0.2) is 0 Å². The van der Waals surface area contributed by atoms with Crippen molar-refractivity contribution < 1.29 is 0 Å². The summed E-state index contributed by atoms with van der Waals surface area (Å²) in [6.45, 7) is 0.891. The smallest absolute Gasteiger partial charge is 0.00494 e. The molecule has 12 heavy (non-hydrogen) atoms. The third-order valence-corrected chi connectivity index (χ3v) is 3.89. The first-order valence-electron chi connectivity index (χ1n) is 5.20. The monoisotopic (exact) mass is 168 g/mol. The molecule has 0 unspecified atom stereocenters. The van der Waals surface area contributed by atoms with Gasteiger partial charge in [-0.15, -0.1) is 0 Å². The molecule has 0 aromatic rings. The zero-order valence-electron chi connectivity index (χ0n) is 7.76. The Balaban J connectivity index is 1.83. The molecule has 70 valence electrons. The molecule has 0 aromatic heterocycles. The molecule has 4 N–H and O–H groups in total. The molecule has 2 nitrogen and oxygen atoms in total. The van der Waals surface area contributed by atoms with Crippen molar-refractivity contribution >= 4 is 0 Å². The fourth-order valence-corrected chi connectivity index (χ4v) is 2.99. The van der Waals surface area contributed by atoms with Crippen molar-refractivity contribution in [2.45, 2.75) is 44.6 Å². The minimum atomic E-state index is 0.513. The van der Waals surface area contributed by atoms with Gasteiger partial charge in [0, 0.05) is 6.04 Å². The second-order valence-electron chi connectivity index (χ2n) is 4.85. The lowest BCUT2D eigenvalue weighted by Gasteiger charge is -2.50. The third kappa shape index (κ3) is 1.38. The van der Waals surface area contributed by atoms with Crippen molar-refractivity contribution in [2.24, 2.45) is 22.8 Å². The summed E-state index contributed by atoms with van der Waals surface area (Å²) in [4.78, 5) is 0. The van der Waals surface area contributed by atoms with Crippen molar-refractivity contribution in [3.63, 3.8) is 0 Å². The van der Waals surface area contributed by atoms with Crippen molar-refractivity contribution in [1.82, 2.24) is 0 Å². The molecule has 0 aromatic carbocycles. The van der Waals surface area contributed by atoms with E-state index in [1.54, 1.807) is 0 Å². The maximum Gasteiger partial charge on any atom is 0.00494 e. The van der Waals surface area contributed by atoms with E-state index in [2.05, 4.69) is 0 Å². The summed E-state index contributed by atoms with van der Waals surface area (Å²) >= 11 is 0. The summed E-state index contributed by atoms with van der Waals surface area (Å²) in [5.74, 6) is 0.812. The van der Waals surface area contributed by atoms with E-state index < -0.39 is 0 Å². The Kier molecular flexibility index (Phi) is 2.13. The molecule has 2 aliphatic carbocycles. The molecule has 0 atom stereocenters. The Morgan fingerprint density at radius 1 is 1.17 bits per heavy atom.